The Morgan fingerprint density at radius 1 is 1.11 bits per heavy atom. The first-order valence-electron chi connectivity index (χ1n) is 5.12. The van der Waals surface area contributed by atoms with Crippen LogP contribution in [0.2, 0.25) is 10.0 Å². The fourth-order valence-corrected chi connectivity index (χ4v) is 2.01. The van der Waals surface area contributed by atoms with Crippen LogP contribution in [0.4, 0.5) is 17.1 Å². The van der Waals surface area contributed by atoms with Crippen molar-refractivity contribution in [2.24, 2.45) is 0 Å². The van der Waals surface area contributed by atoms with Crippen LogP contribution < -0.4 is 11.1 Å². The predicted molar refractivity (Wildman–Crippen MR) is 75.3 cm³/mol. The van der Waals surface area contributed by atoms with E-state index < -0.39 is 0 Å². The second kappa shape index (κ2) is 5.18. The van der Waals surface area contributed by atoms with Crippen LogP contribution >= 0.6 is 23.2 Å². The summed E-state index contributed by atoms with van der Waals surface area (Å²) in [5.74, 6) is 0. The Bertz CT molecular complexity index is 612. The summed E-state index contributed by atoms with van der Waals surface area (Å²) in [5, 5.41) is 13.1. The van der Waals surface area contributed by atoms with E-state index in [0.717, 1.165) is 0 Å². The summed E-state index contributed by atoms with van der Waals surface area (Å²) in [7, 11) is 0. The SMILES string of the molecule is N#Cc1cc(N)ccc1Nc1c(Cl)cccc1Cl. The topological polar surface area (TPSA) is 61.8 Å². The molecule has 0 saturated carbocycles. The van der Waals surface area contributed by atoms with Gasteiger partial charge in [-0.1, -0.05) is 29.3 Å². The molecule has 2 aromatic carbocycles. The molecule has 0 atom stereocenters. The van der Waals surface area contributed by atoms with E-state index in [1.165, 1.54) is 0 Å². The second-order valence-electron chi connectivity index (χ2n) is 3.64. The Morgan fingerprint density at radius 2 is 1.78 bits per heavy atom. The highest BCUT2D eigenvalue weighted by molar-refractivity contribution is 6.39. The average molecular weight is 278 g/mol. The molecule has 0 amide bonds. The molecule has 0 bridgehead atoms. The molecule has 5 heteroatoms. The molecule has 0 fully saturated rings. The standard InChI is InChI=1S/C13H9Cl2N3/c14-10-2-1-3-11(15)13(10)18-12-5-4-9(17)6-8(12)7-16/h1-6,18H,17H2. The maximum absolute atomic E-state index is 9.05. The van der Waals surface area contributed by atoms with Crippen molar-refractivity contribution in [2.45, 2.75) is 0 Å². The van der Waals surface area contributed by atoms with Crippen LogP contribution in [0.25, 0.3) is 0 Å². The zero-order valence-electron chi connectivity index (χ0n) is 9.24. The lowest BCUT2D eigenvalue weighted by molar-refractivity contribution is 1.46. The molecular formula is C13H9Cl2N3. The molecule has 0 aliphatic heterocycles. The van der Waals surface area contributed by atoms with Gasteiger partial charge in [0, 0.05) is 5.69 Å². The molecular weight excluding hydrogens is 269 g/mol. The number of anilines is 3. The maximum Gasteiger partial charge on any atom is 0.101 e. The number of nitriles is 1. The molecule has 0 aliphatic rings. The molecule has 0 saturated heterocycles. The fraction of sp³-hybridized carbons (Fsp3) is 0. The minimum atomic E-state index is 0.436. The summed E-state index contributed by atoms with van der Waals surface area (Å²) in [6, 6.07) is 12.3. The monoisotopic (exact) mass is 277 g/mol. The number of hydrogen-bond acceptors (Lipinski definition) is 3. The minimum absolute atomic E-state index is 0.436. The smallest absolute Gasteiger partial charge is 0.101 e. The molecule has 3 N–H and O–H groups in total. The zero-order chi connectivity index (χ0) is 13.1. The van der Waals surface area contributed by atoms with Gasteiger partial charge in [-0.05, 0) is 30.3 Å². The first-order chi connectivity index (χ1) is 8.61. The van der Waals surface area contributed by atoms with Gasteiger partial charge in [0.2, 0.25) is 0 Å². The molecule has 3 nitrogen and oxygen atoms in total. The maximum atomic E-state index is 9.05. The van der Waals surface area contributed by atoms with Crippen LogP contribution in [-0.4, -0.2) is 0 Å². The molecule has 2 rings (SSSR count). The first kappa shape index (κ1) is 12.6. The molecule has 0 heterocycles. The Morgan fingerprint density at radius 3 is 2.39 bits per heavy atom. The van der Waals surface area contributed by atoms with E-state index in [2.05, 4.69) is 11.4 Å². The highest BCUT2D eigenvalue weighted by Crippen LogP contribution is 2.33. The van der Waals surface area contributed by atoms with E-state index in [4.69, 9.17) is 34.2 Å². The number of benzene rings is 2. The normalized spacial score (nSPS) is 9.83. The largest absolute Gasteiger partial charge is 0.399 e. The Labute approximate surface area is 115 Å². The molecule has 90 valence electrons. The van der Waals surface area contributed by atoms with Gasteiger partial charge in [-0.25, -0.2) is 0 Å². The van der Waals surface area contributed by atoms with E-state index >= 15 is 0 Å². The fourth-order valence-electron chi connectivity index (χ4n) is 1.52. The summed E-state index contributed by atoms with van der Waals surface area (Å²) in [6.45, 7) is 0. The van der Waals surface area contributed by atoms with Gasteiger partial charge >= 0.3 is 0 Å². The van der Waals surface area contributed by atoms with E-state index in [-0.39, 0.29) is 0 Å². The quantitative estimate of drug-likeness (QED) is 0.809. The Kier molecular flexibility index (Phi) is 3.61. The van der Waals surface area contributed by atoms with Gasteiger partial charge in [0.15, 0.2) is 0 Å². The molecule has 0 aliphatic carbocycles. The average Bonchev–Trinajstić information content (AvgIpc) is 2.35. The lowest BCUT2D eigenvalue weighted by Gasteiger charge is -2.11. The highest BCUT2D eigenvalue weighted by Gasteiger charge is 2.08. The van der Waals surface area contributed by atoms with Crippen LogP contribution in [0, 0.1) is 11.3 Å². The molecule has 0 aromatic heterocycles. The van der Waals surface area contributed by atoms with Gasteiger partial charge in [0.1, 0.15) is 6.07 Å². The lowest BCUT2D eigenvalue weighted by Crippen LogP contribution is -1.96. The molecule has 2 aromatic rings. The van der Waals surface area contributed by atoms with Crippen LogP contribution in [0.5, 0.6) is 0 Å². The van der Waals surface area contributed by atoms with Crippen molar-refractivity contribution in [3.63, 3.8) is 0 Å². The van der Waals surface area contributed by atoms with Crippen molar-refractivity contribution in [1.82, 2.24) is 0 Å². The number of rotatable bonds is 2. The zero-order valence-corrected chi connectivity index (χ0v) is 10.8. The Balaban J connectivity index is 2.44. The number of halogens is 2. The van der Waals surface area contributed by atoms with E-state index in [1.807, 2.05) is 0 Å². The highest BCUT2D eigenvalue weighted by atomic mass is 35.5. The third-order valence-corrected chi connectivity index (χ3v) is 3.02. The van der Waals surface area contributed by atoms with Crippen molar-refractivity contribution >= 4 is 40.3 Å². The van der Waals surface area contributed by atoms with Crippen molar-refractivity contribution in [2.75, 3.05) is 11.1 Å². The van der Waals surface area contributed by atoms with Crippen LogP contribution in [0.15, 0.2) is 36.4 Å². The van der Waals surface area contributed by atoms with E-state index in [1.54, 1.807) is 36.4 Å². The number of nitrogens with zero attached hydrogens (tertiary/aromatic N) is 1. The van der Waals surface area contributed by atoms with Gasteiger partial charge in [-0.2, -0.15) is 5.26 Å². The number of nitrogen functional groups attached to an aromatic ring is 1. The van der Waals surface area contributed by atoms with E-state index in [0.29, 0.717) is 32.7 Å². The van der Waals surface area contributed by atoms with Gasteiger partial charge < -0.3 is 11.1 Å². The second-order valence-corrected chi connectivity index (χ2v) is 4.45. The summed E-state index contributed by atoms with van der Waals surface area (Å²) in [5.41, 5.74) is 7.78. The van der Waals surface area contributed by atoms with Crippen molar-refractivity contribution in [1.29, 1.82) is 5.26 Å². The van der Waals surface area contributed by atoms with Gasteiger partial charge in [0.25, 0.3) is 0 Å². The van der Waals surface area contributed by atoms with Gasteiger partial charge in [0.05, 0.1) is 27.0 Å². The van der Waals surface area contributed by atoms with Crippen LogP contribution in [-0.2, 0) is 0 Å². The number of nitrogens with two attached hydrogens (primary N) is 1. The molecule has 0 radical (unpaired) electrons. The van der Waals surface area contributed by atoms with Gasteiger partial charge in [-0.15, -0.1) is 0 Å². The first-order valence-corrected chi connectivity index (χ1v) is 5.88. The third kappa shape index (κ3) is 2.51. The summed E-state index contributed by atoms with van der Waals surface area (Å²) >= 11 is 12.1. The van der Waals surface area contributed by atoms with Gasteiger partial charge in [-0.3, -0.25) is 0 Å². The van der Waals surface area contributed by atoms with Crippen molar-refractivity contribution in [3.05, 3.63) is 52.0 Å². The summed E-state index contributed by atoms with van der Waals surface area (Å²) < 4.78 is 0. The van der Waals surface area contributed by atoms with Crippen LogP contribution in [0.3, 0.4) is 0 Å². The number of nitrogens with one attached hydrogen (secondary N) is 1. The van der Waals surface area contributed by atoms with E-state index in [9.17, 15) is 0 Å². The van der Waals surface area contributed by atoms with Crippen molar-refractivity contribution in [3.8, 4) is 6.07 Å². The minimum Gasteiger partial charge on any atom is -0.399 e. The molecule has 0 spiro atoms. The molecule has 0 unspecified atom stereocenters. The lowest BCUT2D eigenvalue weighted by atomic mass is 10.1. The summed E-state index contributed by atoms with van der Waals surface area (Å²) in [6.07, 6.45) is 0. The third-order valence-electron chi connectivity index (χ3n) is 2.39. The Hall–Kier alpha value is -1.89. The molecule has 18 heavy (non-hydrogen) atoms. The van der Waals surface area contributed by atoms with Crippen LogP contribution in [0.1, 0.15) is 5.56 Å². The van der Waals surface area contributed by atoms with Crippen molar-refractivity contribution < 1.29 is 0 Å². The predicted octanol–water partition coefficient (Wildman–Crippen LogP) is 4.19. The summed E-state index contributed by atoms with van der Waals surface area (Å²) in [4.78, 5) is 0. The number of para-hydroxylation sites is 1. The number of hydrogen-bond donors (Lipinski definition) is 2.